The lowest BCUT2D eigenvalue weighted by Crippen LogP contribution is -2.20. The van der Waals surface area contributed by atoms with Gasteiger partial charge in [-0.2, -0.15) is 0 Å². The molecule has 0 saturated carbocycles. The van der Waals surface area contributed by atoms with Crippen LogP contribution in [0.25, 0.3) is 0 Å². The van der Waals surface area contributed by atoms with Crippen LogP contribution >= 0.6 is 0 Å². The molecule has 0 radical (unpaired) electrons. The lowest BCUT2D eigenvalue weighted by atomic mass is 10.1. The second-order valence-corrected chi connectivity index (χ2v) is 4.16. The molecule has 1 amide bonds. The van der Waals surface area contributed by atoms with Gasteiger partial charge in [-0.1, -0.05) is 6.07 Å². The molecule has 0 fully saturated rings. The van der Waals surface area contributed by atoms with Crippen molar-refractivity contribution >= 4 is 11.7 Å². The maximum absolute atomic E-state index is 12.2. The van der Waals surface area contributed by atoms with Gasteiger partial charge in [-0.3, -0.25) is 4.79 Å². The number of nitrogens with zero attached hydrogens (tertiary/aromatic N) is 1. The van der Waals surface area contributed by atoms with Gasteiger partial charge in [0.1, 0.15) is 13.2 Å². The predicted octanol–water partition coefficient (Wildman–Crippen LogP) is 1.81. The molecule has 0 saturated heterocycles. The van der Waals surface area contributed by atoms with Crippen molar-refractivity contribution in [3.63, 3.8) is 0 Å². The van der Waals surface area contributed by atoms with Crippen molar-refractivity contribution in [2.75, 3.05) is 18.5 Å². The zero-order valence-electron chi connectivity index (χ0n) is 10.5. The number of para-hydroxylation sites is 1. The SMILES string of the molecule is O=C(Nc1ncccc1O)c1cccc2c1OCCO2. The molecular formula is C14H12N2O4. The lowest BCUT2D eigenvalue weighted by Gasteiger charge is -2.20. The molecule has 0 bridgehead atoms. The quantitative estimate of drug-likeness (QED) is 0.871. The first kappa shape index (κ1) is 12.3. The van der Waals surface area contributed by atoms with Crippen LogP contribution in [0.4, 0.5) is 5.82 Å². The standard InChI is InChI=1S/C14H12N2O4/c17-10-4-2-6-15-13(10)16-14(18)9-3-1-5-11-12(9)20-8-7-19-11/h1-6,17H,7-8H2,(H,15,16,18). The van der Waals surface area contributed by atoms with E-state index in [4.69, 9.17) is 9.47 Å². The van der Waals surface area contributed by atoms with E-state index in [9.17, 15) is 9.90 Å². The third-order valence-electron chi connectivity index (χ3n) is 2.83. The van der Waals surface area contributed by atoms with Crippen LogP contribution in [0.5, 0.6) is 17.2 Å². The Morgan fingerprint density at radius 2 is 2.05 bits per heavy atom. The van der Waals surface area contributed by atoms with E-state index in [0.29, 0.717) is 30.3 Å². The number of anilines is 1. The van der Waals surface area contributed by atoms with Gasteiger partial charge in [-0.15, -0.1) is 0 Å². The molecule has 0 aliphatic carbocycles. The molecule has 0 unspecified atom stereocenters. The number of fused-ring (bicyclic) bond motifs is 1. The molecule has 2 heterocycles. The lowest BCUT2D eigenvalue weighted by molar-refractivity contribution is 0.101. The maximum atomic E-state index is 12.2. The summed E-state index contributed by atoms with van der Waals surface area (Å²) in [6, 6.07) is 8.10. The van der Waals surface area contributed by atoms with E-state index in [2.05, 4.69) is 10.3 Å². The first-order valence-corrected chi connectivity index (χ1v) is 6.09. The average molecular weight is 272 g/mol. The zero-order chi connectivity index (χ0) is 13.9. The van der Waals surface area contributed by atoms with E-state index in [1.54, 1.807) is 24.3 Å². The van der Waals surface area contributed by atoms with Crippen LogP contribution in [0.1, 0.15) is 10.4 Å². The summed E-state index contributed by atoms with van der Waals surface area (Å²) < 4.78 is 10.9. The molecule has 1 aliphatic rings. The molecule has 1 aromatic heterocycles. The number of rotatable bonds is 2. The van der Waals surface area contributed by atoms with Crippen LogP contribution in [0.15, 0.2) is 36.5 Å². The number of aromatic hydroxyl groups is 1. The molecule has 0 atom stereocenters. The van der Waals surface area contributed by atoms with Crippen molar-refractivity contribution < 1.29 is 19.4 Å². The first-order chi connectivity index (χ1) is 9.75. The summed E-state index contributed by atoms with van der Waals surface area (Å²) in [7, 11) is 0. The van der Waals surface area contributed by atoms with Crippen molar-refractivity contribution in [1.29, 1.82) is 0 Å². The van der Waals surface area contributed by atoms with Gasteiger partial charge in [-0.25, -0.2) is 4.98 Å². The predicted molar refractivity (Wildman–Crippen MR) is 71.3 cm³/mol. The Morgan fingerprint density at radius 1 is 1.20 bits per heavy atom. The van der Waals surface area contributed by atoms with Crippen molar-refractivity contribution in [3.05, 3.63) is 42.1 Å². The van der Waals surface area contributed by atoms with Crippen LogP contribution in [0.3, 0.4) is 0 Å². The molecule has 3 rings (SSSR count). The Balaban J connectivity index is 1.90. The molecule has 0 spiro atoms. The Morgan fingerprint density at radius 3 is 2.90 bits per heavy atom. The highest BCUT2D eigenvalue weighted by molar-refractivity contribution is 6.06. The van der Waals surface area contributed by atoms with Gasteiger partial charge in [-0.05, 0) is 24.3 Å². The monoisotopic (exact) mass is 272 g/mol. The molecule has 6 heteroatoms. The Bertz CT molecular complexity index is 657. The van der Waals surface area contributed by atoms with E-state index in [1.807, 2.05) is 0 Å². The average Bonchev–Trinajstić information content (AvgIpc) is 2.49. The number of ether oxygens (including phenoxy) is 2. The fraction of sp³-hybridized carbons (Fsp3) is 0.143. The van der Waals surface area contributed by atoms with Gasteiger partial charge in [0.05, 0.1) is 5.56 Å². The third-order valence-corrected chi connectivity index (χ3v) is 2.83. The van der Waals surface area contributed by atoms with Crippen LogP contribution < -0.4 is 14.8 Å². The van der Waals surface area contributed by atoms with Crippen LogP contribution in [-0.4, -0.2) is 29.2 Å². The minimum atomic E-state index is -0.415. The van der Waals surface area contributed by atoms with E-state index in [0.717, 1.165) is 0 Å². The summed E-state index contributed by atoms with van der Waals surface area (Å²) in [6.45, 7) is 0.852. The Hall–Kier alpha value is -2.76. The molecule has 6 nitrogen and oxygen atoms in total. The summed E-state index contributed by atoms with van der Waals surface area (Å²) in [5.41, 5.74) is 0.340. The van der Waals surface area contributed by atoms with Crippen molar-refractivity contribution in [2.24, 2.45) is 0 Å². The molecule has 2 N–H and O–H groups in total. The second-order valence-electron chi connectivity index (χ2n) is 4.16. The highest BCUT2D eigenvalue weighted by atomic mass is 16.6. The van der Waals surface area contributed by atoms with Crippen molar-refractivity contribution in [2.45, 2.75) is 0 Å². The van der Waals surface area contributed by atoms with Gasteiger partial charge in [0.15, 0.2) is 23.1 Å². The van der Waals surface area contributed by atoms with Crippen LogP contribution in [-0.2, 0) is 0 Å². The Labute approximate surface area is 115 Å². The number of hydrogen-bond acceptors (Lipinski definition) is 5. The molecular weight excluding hydrogens is 260 g/mol. The maximum Gasteiger partial charge on any atom is 0.260 e. The summed E-state index contributed by atoms with van der Waals surface area (Å²) in [6.07, 6.45) is 1.48. The molecule has 1 aromatic carbocycles. The van der Waals surface area contributed by atoms with E-state index >= 15 is 0 Å². The van der Waals surface area contributed by atoms with E-state index in [1.165, 1.54) is 12.3 Å². The van der Waals surface area contributed by atoms with Gasteiger partial charge in [0.2, 0.25) is 0 Å². The molecule has 1 aliphatic heterocycles. The Kier molecular flexibility index (Phi) is 3.12. The molecule has 20 heavy (non-hydrogen) atoms. The summed E-state index contributed by atoms with van der Waals surface area (Å²) in [5.74, 6) is 0.539. The number of benzene rings is 1. The van der Waals surface area contributed by atoms with E-state index < -0.39 is 5.91 Å². The highest BCUT2D eigenvalue weighted by Gasteiger charge is 2.21. The van der Waals surface area contributed by atoms with Crippen LogP contribution in [0, 0.1) is 0 Å². The third kappa shape index (κ3) is 2.23. The smallest absolute Gasteiger partial charge is 0.260 e. The second kappa shape index (κ2) is 5.08. The number of amides is 1. The fourth-order valence-corrected chi connectivity index (χ4v) is 1.92. The number of hydrogen-bond donors (Lipinski definition) is 2. The molecule has 102 valence electrons. The summed E-state index contributed by atoms with van der Waals surface area (Å²) >= 11 is 0. The van der Waals surface area contributed by atoms with Crippen molar-refractivity contribution in [3.8, 4) is 17.2 Å². The molecule has 2 aromatic rings. The minimum absolute atomic E-state index is 0.0946. The number of nitrogens with one attached hydrogen (secondary N) is 1. The highest BCUT2D eigenvalue weighted by Crippen LogP contribution is 2.34. The van der Waals surface area contributed by atoms with Crippen LogP contribution in [0.2, 0.25) is 0 Å². The number of carbonyl (C=O) groups is 1. The topological polar surface area (TPSA) is 80.7 Å². The summed E-state index contributed by atoms with van der Waals surface area (Å²) in [4.78, 5) is 16.1. The van der Waals surface area contributed by atoms with Gasteiger partial charge < -0.3 is 19.9 Å². The minimum Gasteiger partial charge on any atom is -0.504 e. The van der Waals surface area contributed by atoms with Gasteiger partial charge in [0, 0.05) is 6.20 Å². The largest absolute Gasteiger partial charge is 0.504 e. The number of pyridine rings is 1. The fourth-order valence-electron chi connectivity index (χ4n) is 1.92. The van der Waals surface area contributed by atoms with Gasteiger partial charge in [0.25, 0.3) is 5.91 Å². The van der Waals surface area contributed by atoms with Crippen molar-refractivity contribution in [1.82, 2.24) is 4.98 Å². The summed E-state index contributed by atoms with van der Waals surface area (Å²) in [5, 5.41) is 12.2. The first-order valence-electron chi connectivity index (χ1n) is 6.09. The normalized spacial score (nSPS) is 12.8. The number of aromatic nitrogens is 1. The van der Waals surface area contributed by atoms with E-state index in [-0.39, 0.29) is 11.6 Å². The zero-order valence-corrected chi connectivity index (χ0v) is 10.5. The van der Waals surface area contributed by atoms with Gasteiger partial charge >= 0.3 is 0 Å². The number of carbonyl (C=O) groups excluding carboxylic acids is 1.